The third kappa shape index (κ3) is 3.88. The predicted octanol–water partition coefficient (Wildman–Crippen LogP) is 4.21. The van der Waals surface area contributed by atoms with E-state index < -0.39 is 23.7 Å². The van der Waals surface area contributed by atoms with Gasteiger partial charge in [-0.3, -0.25) is 0 Å². The number of anilines is 1. The molecule has 1 fully saturated rings. The molecule has 0 atom stereocenters. The number of rotatable bonds is 3. The maximum Gasteiger partial charge on any atom is 0.266 e. The lowest BCUT2D eigenvalue weighted by atomic mass is 9.96. The average molecular weight is 425 g/mol. The van der Waals surface area contributed by atoms with Gasteiger partial charge in [0, 0.05) is 23.4 Å². The lowest BCUT2D eigenvalue weighted by Crippen LogP contribution is -2.27. The van der Waals surface area contributed by atoms with Gasteiger partial charge in [0.1, 0.15) is 11.6 Å². The van der Waals surface area contributed by atoms with Gasteiger partial charge < -0.3 is 4.90 Å². The maximum absolute atomic E-state index is 13.8. The lowest BCUT2D eigenvalue weighted by molar-refractivity contribution is 0.0257. The number of nitrogens with zero attached hydrogens (tertiary/aromatic N) is 6. The molecule has 6 nitrogen and oxygen atoms in total. The Labute approximate surface area is 170 Å². The molecule has 1 aromatic carbocycles. The van der Waals surface area contributed by atoms with Crippen LogP contribution in [0.1, 0.15) is 38.6 Å². The Kier molecular flexibility index (Phi) is 4.68. The van der Waals surface area contributed by atoms with E-state index in [2.05, 4.69) is 20.3 Å². The predicted molar refractivity (Wildman–Crippen MR) is 104 cm³/mol. The van der Waals surface area contributed by atoms with Gasteiger partial charge >= 0.3 is 0 Å². The highest BCUT2D eigenvalue weighted by atomic mass is 35.5. The number of hydrogen-bond donors (Lipinski definition) is 0. The first kappa shape index (κ1) is 19.9. The zero-order valence-corrected chi connectivity index (χ0v) is 17.0. The van der Waals surface area contributed by atoms with E-state index in [1.165, 1.54) is 27.8 Å². The molecule has 0 aliphatic carbocycles. The van der Waals surface area contributed by atoms with Gasteiger partial charge in [-0.05, 0) is 23.8 Å². The third-order valence-electron chi connectivity index (χ3n) is 4.81. The number of halogens is 4. The molecule has 154 valence electrons. The van der Waals surface area contributed by atoms with Crippen LogP contribution in [0.5, 0.6) is 0 Å². The molecule has 1 saturated heterocycles. The second-order valence-electron chi connectivity index (χ2n) is 8.30. The lowest BCUT2D eigenvalue weighted by Gasteiger charge is -2.22. The monoisotopic (exact) mass is 424 g/mol. The van der Waals surface area contributed by atoms with Crippen molar-refractivity contribution in [2.75, 3.05) is 18.0 Å². The van der Waals surface area contributed by atoms with E-state index in [0.29, 0.717) is 33.4 Å². The molecule has 3 heterocycles. The largest absolute Gasteiger partial charge is 0.348 e. The molecule has 0 spiro atoms. The molecule has 0 radical (unpaired) electrons. The minimum absolute atomic E-state index is 0.142. The fraction of sp³-hybridized carbons (Fsp3) is 0.474. The van der Waals surface area contributed by atoms with Gasteiger partial charge in [0.25, 0.3) is 5.92 Å². The Morgan fingerprint density at radius 1 is 1.21 bits per heavy atom. The minimum Gasteiger partial charge on any atom is -0.348 e. The smallest absolute Gasteiger partial charge is 0.266 e. The standard InChI is InChI=1S/C19H20ClF3N6/c1-18(2,3)17-24-15(28-7-6-19(22,23)10-28)14-16(25-17)29(27-26-14)9-11-8-12(21)4-5-13(11)20/h4-5,8H,6-7,9-10H2,1-3H3. The highest BCUT2D eigenvalue weighted by molar-refractivity contribution is 6.31. The van der Waals surface area contributed by atoms with Crippen LogP contribution in [0.25, 0.3) is 11.2 Å². The number of benzene rings is 1. The molecule has 0 unspecified atom stereocenters. The van der Waals surface area contributed by atoms with Crippen LogP contribution in [0.3, 0.4) is 0 Å². The molecule has 4 rings (SSSR count). The van der Waals surface area contributed by atoms with Gasteiger partial charge in [-0.1, -0.05) is 37.6 Å². The Morgan fingerprint density at radius 3 is 2.62 bits per heavy atom. The third-order valence-corrected chi connectivity index (χ3v) is 5.18. The summed E-state index contributed by atoms with van der Waals surface area (Å²) in [7, 11) is 0. The number of alkyl halides is 2. The SMILES string of the molecule is CC(C)(C)c1nc(N2CCC(F)(F)C2)c2nnn(Cc3cc(F)ccc3Cl)c2n1. The quantitative estimate of drug-likeness (QED) is 0.630. The first-order valence-electron chi connectivity index (χ1n) is 9.22. The summed E-state index contributed by atoms with van der Waals surface area (Å²) in [6, 6.07) is 4.07. The van der Waals surface area contributed by atoms with E-state index in [0.717, 1.165) is 0 Å². The summed E-state index contributed by atoms with van der Waals surface area (Å²) in [5.74, 6) is -2.36. The highest BCUT2D eigenvalue weighted by Gasteiger charge is 2.40. The van der Waals surface area contributed by atoms with Gasteiger partial charge in [-0.2, -0.15) is 0 Å². The molecule has 1 aliphatic heterocycles. The Bertz CT molecular complexity index is 1080. The van der Waals surface area contributed by atoms with Crippen LogP contribution in [-0.4, -0.2) is 44.0 Å². The van der Waals surface area contributed by atoms with Crippen LogP contribution in [0.15, 0.2) is 18.2 Å². The van der Waals surface area contributed by atoms with Gasteiger partial charge in [0.15, 0.2) is 17.0 Å². The molecular weight excluding hydrogens is 405 g/mol. The summed E-state index contributed by atoms with van der Waals surface area (Å²) < 4.78 is 42.8. The summed E-state index contributed by atoms with van der Waals surface area (Å²) in [5, 5.41) is 8.66. The average Bonchev–Trinajstić information content (AvgIpc) is 3.20. The zero-order chi connectivity index (χ0) is 21.0. The number of aromatic nitrogens is 5. The normalized spacial score (nSPS) is 16.7. The van der Waals surface area contributed by atoms with Crippen LogP contribution in [0, 0.1) is 5.82 Å². The summed E-state index contributed by atoms with van der Waals surface area (Å²) in [6.45, 7) is 5.70. The second-order valence-corrected chi connectivity index (χ2v) is 8.71. The van der Waals surface area contributed by atoms with Crippen LogP contribution in [0.2, 0.25) is 5.02 Å². The van der Waals surface area contributed by atoms with Crippen LogP contribution in [-0.2, 0) is 12.0 Å². The molecule has 2 aromatic heterocycles. The van der Waals surface area contributed by atoms with Crippen molar-refractivity contribution in [3.8, 4) is 0 Å². The van der Waals surface area contributed by atoms with E-state index >= 15 is 0 Å². The second kappa shape index (κ2) is 6.83. The van der Waals surface area contributed by atoms with Crippen molar-refractivity contribution in [1.29, 1.82) is 0 Å². The van der Waals surface area contributed by atoms with E-state index in [1.54, 1.807) is 0 Å². The molecule has 0 bridgehead atoms. The topological polar surface area (TPSA) is 59.7 Å². The van der Waals surface area contributed by atoms with E-state index in [-0.39, 0.29) is 19.5 Å². The van der Waals surface area contributed by atoms with Crippen molar-refractivity contribution in [3.05, 3.63) is 40.4 Å². The van der Waals surface area contributed by atoms with Gasteiger partial charge in [-0.15, -0.1) is 5.10 Å². The summed E-state index contributed by atoms with van der Waals surface area (Å²) in [4.78, 5) is 10.7. The van der Waals surface area contributed by atoms with Crippen molar-refractivity contribution >= 4 is 28.6 Å². The van der Waals surface area contributed by atoms with Crippen LogP contribution in [0.4, 0.5) is 19.0 Å². The van der Waals surface area contributed by atoms with Crippen molar-refractivity contribution in [2.24, 2.45) is 0 Å². The van der Waals surface area contributed by atoms with E-state index in [4.69, 9.17) is 11.6 Å². The Hall–Kier alpha value is -2.42. The van der Waals surface area contributed by atoms with Crippen molar-refractivity contribution < 1.29 is 13.2 Å². The molecule has 10 heteroatoms. The molecule has 0 N–H and O–H groups in total. The van der Waals surface area contributed by atoms with E-state index in [1.807, 2.05) is 20.8 Å². The number of fused-ring (bicyclic) bond motifs is 1. The molecule has 1 aliphatic rings. The van der Waals surface area contributed by atoms with E-state index in [9.17, 15) is 13.2 Å². The van der Waals surface area contributed by atoms with Crippen molar-refractivity contribution in [3.63, 3.8) is 0 Å². The van der Waals surface area contributed by atoms with Crippen molar-refractivity contribution in [1.82, 2.24) is 25.0 Å². The minimum atomic E-state index is -2.77. The Morgan fingerprint density at radius 2 is 1.97 bits per heavy atom. The summed E-state index contributed by atoms with van der Waals surface area (Å²) in [5.41, 5.74) is 0.832. The fourth-order valence-electron chi connectivity index (χ4n) is 3.25. The highest BCUT2D eigenvalue weighted by Crippen LogP contribution is 2.34. The fourth-order valence-corrected chi connectivity index (χ4v) is 3.42. The van der Waals surface area contributed by atoms with Crippen molar-refractivity contribution in [2.45, 2.75) is 45.1 Å². The summed E-state index contributed by atoms with van der Waals surface area (Å²) >= 11 is 6.18. The van der Waals surface area contributed by atoms with Gasteiger partial charge in [0.05, 0.1) is 13.1 Å². The van der Waals surface area contributed by atoms with Crippen LogP contribution >= 0.6 is 11.6 Å². The molecule has 3 aromatic rings. The maximum atomic E-state index is 13.8. The van der Waals surface area contributed by atoms with Crippen LogP contribution < -0.4 is 4.90 Å². The molecule has 0 saturated carbocycles. The van der Waals surface area contributed by atoms with Gasteiger partial charge in [-0.25, -0.2) is 27.8 Å². The first-order valence-corrected chi connectivity index (χ1v) is 9.60. The van der Waals surface area contributed by atoms with Gasteiger partial charge in [0.2, 0.25) is 0 Å². The summed E-state index contributed by atoms with van der Waals surface area (Å²) in [6.07, 6.45) is -0.240. The molecule has 0 amide bonds. The number of hydrogen-bond acceptors (Lipinski definition) is 5. The molecular formula is C19H20ClF3N6. The molecule has 29 heavy (non-hydrogen) atoms. The first-order chi connectivity index (χ1) is 13.5. The Balaban J connectivity index is 1.84. The zero-order valence-electron chi connectivity index (χ0n) is 16.3.